The molecular weight excluding hydrogens is 293 g/mol. The van der Waals surface area contributed by atoms with Gasteiger partial charge in [0.25, 0.3) is 0 Å². The van der Waals surface area contributed by atoms with Crippen molar-refractivity contribution in [2.75, 3.05) is 0 Å². The van der Waals surface area contributed by atoms with Crippen molar-refractivity contribution in [3.63, 3.8) is 0 Å². The minimum absolute atomic E-state index is 0.224. The van der Waals surface area contributed by atoms with Crippen molar-refractivity contribution in [2.45, 2.75) is 6.04 Å². The molecule has 6 heteroatoms. The molecule has 0 saturated heterocycles. The van der Waals surface area contributed by atoms with E-state index in [2.05, 4.69) is 5.43 Å². The Morgan fingerprint density at radius 1 is 1.00 bits per heavy atom. The average Bonchev–Trinajstić information content (AvgIpc) is 2.37. The van der Waals surface area contributed by atoms with Gasteiger partial charge in [-0.2, -0.15) is 0 Å². The number of benzene rings is 2. The number of nitrogens with one attached hydrogen (secondary N) is 1. The van der Waals surface area contributed by atoms with Gasteiger partial charge in [0.1, 0.15) is 11.6 Å². The highest BCUT2D eigenvalue weighted by Crippen LogP contribution is 2.29. The Balaban J connectivity index is 2.46. The van der Waals surface area contributed by atoms with E-state index in [-0.39, 0.29) is 5.56 Å². The summed E-state index contributed by atoms with van der Waals surface area (Å²) in [6, 6.07) is 7.49. The standard InChI is InChI=1S/C13H10Cl2F2N2/c14-10-4-1-7(5-11(10)15)13(19-18)9-3-2-8(16)6-12(9)17/h1-6,13,19H,18H2. The van der Waals surface area contributed by atoms with Crippen LogP contribution in [0.3, 0.4) is 0 Å². The molecule has 0 radical (unpaired) electrons. The van der Waals surface area contributed by atoms with Gasteiger partial charge in [-0.1, -0.05) is 35.3 Å². The van der Waals surface area contributed by atoms with Gasteiger partial charge in [0, 0.05) is 11.6 Å². The van der Waals surface area contributed by atoms with Crippen molar-refractivity contribution < 1.29 is 8.78 Å². The minimum Gasteiger partial charge on any atom is -0.271 e. The van der Waals surface area contributed by atoms with Gasteiger partial charge in [-0.3, -0.25) is 5.84 Å². The van der Waals surface area contributed by atoms with Crippen molar-refractivity contribution in [3.05, 3.63) is 69.2 Å². The maximum Gasteiger partial charge on any atom is 0.131 e. The van der Waals surface area contributed by atoms with Gasteiger partial charge in [0.05, 0.1) is 16.1 Å². The van der Waals surface area contributed by atoms with E-state index in [1.807, 2.05) is 0 Å². The molecular formula is C13H10Cl2F2N2. The molecule has 0 aromatic heterocycles. The van der Waals surface area contributed by atoms with E-state index in [1.165, 1.54) is 12.1 Å². The highest BCUT2D eigenvalue weighted by Gasteiger charge is 2.18. The van der Waals surface area contributed by atoms with Crippen LogP contribution in [0.4, 0.5) is 8.78 Å². The van der Waals surface area contributed by atoms with Crippen LogP contribution in [-0.4, -0.2) is 0 Å². The van der Waals surface area contributed by atoms with Crippen LogP contribution in [0, 0.1) is 11.6 Å². The fourth-order valence-electron chi connectivity index (χ4n) is 1.79. The fourth-order valence-corrected chi connectivity index (χ4v) is 2.10. The maximum atomic E-state index is 13.8. The molecule has 2 rings (SSSR count). The van der Waals surface area contributed by atoms with E-state index in [1.54, 1.807) is 18.2 Å². The Bertz CT molecular complexity index is 605. The maximum absolute atomic E-state index is 13.8. The predicted molar refractivity (Wildman–Crippen MR) is 72.0 cm³/mol. The number of nitrogens with two attached hydrogens (primary N) is 1. The van der Waals surface area contributed by atoms with Crippen LogP contribution >= 0.6 is 23.2 Å². The number of hydrogen-bond donors (Lipinski definition) is 2. The molecule has 2 aromatic rings. The smallest absolute Gasteiger partial charge is 0.131 e. The molecule has 0 saturated carbocycles. The quantitative estimate of drug-likeness (QED) is 0.668. The van der Waals surface area contributed by atoms with Crippen LogP contribution < -0.4 is 11.3 Å². The molecule has 0 aliphatic carbocycles. The summed E-state index contributed by atoms with van der Waals surface area (Å²) in [6.07, 6.45) is 0. The van der Waals surface area contributed by atoms with E-state index < -0.39 is 17.7 Å². The SMILES string of the molecule is NNC(c1ccc(Cl)c(Cl)c1)c1ccc(F)cc1F. The molecule has 19 heavy (non-hydrogen) atoms. The second-order valence-electron chi connectivity index (χ2n) is 3.94. The molecule has 0 amide bonds. The fraction of sp³-hybridized carbons (Fsp3) is 0.0769. The Morgan fingerprint density at radius 2 is 1.74 bits per heavy atom. The van der Waals surface area contributed by atoms with Gasteiger partial charge in [-0.15, -0.1) is 0 Å². The summed E-state index contributed by atoms with van der Waals surface area (Å²) in [6.45, 7) is 0. The topological polar surface area (TPSA) is 38.0 Å². The first-order chi connectivity index (χ1) is 9.02. The summed E-state index contributed by atoms with van der Waals surface area (Å²) in [5, 5.41) is 0.725. The van der Waals surface area contributed by atoms with Gasteiger partial charge in [0.2, 0.25) is 0 Å². The monoisotopic (exact) mass is 302 g/mol. The summed E-state index contributed by atoms with van der Waals surface area (Å²) in [5.74, 6) is 4.11. The third kappa shape index (κ3) is 3.04. The normalized spacial score (nSPS) is 12.5. The first-order valence-electron chi connectivity index (χ1n) is 5.39. The minimum atomic E-state index is -0.686. The number of halogens is 4. The van der Waals surface area contributed by atoms with Crippen molar-refractivity contribution in [2.24, 2.45) is 5.84 Å². The van der Waals surface area contributed by atoms with Crippen LogP contribution in [0.2, 0.25) is 10.0 Å². The molecule has 0 heterocycles. The number of hydrogen-bond acceptors (Lipinski definition) is 2. The molecule has 0 aliphatic heterocycles. The summed E-state index contributed by atoms with van der Waals surface area (Å²) in [5.41, 5.74) is 3.33. The van der Waals surface area contributed by atoms with Crippen molar-refractivity contribution >= 4 is 23.2 Å². The van der Waals surface area contributed by atoms with E-state index in [0.717, 1.165) is 6.07 Å². The van der Waals surface area contributed by atoms with E-state index in [9.17, 15) is 8.78 Å². The lowest BCUT2D eigenvalue weighted by molar-refractivity contribution is 0.541. The van der Waals surface area contributed by atoms with Crippen molar-refractivity contribution in [3.8, 4) is 0 Å². The molecule has 1 atom stereocenters. The first-order valence-corrected chi connectivity index (χ1v) is 6.14. The van der Waals surface area contributed by atoms with Crippen LogP contribution in [0.15, 0.2) is 36.4 Å². The third-order valence-corrected chi connectivity index (χ3v) is 3.46. The summed E-state index contributed by atoms with van der Waals surface area (Å²) in [4.78, 5) is 0. The predicted octanol–water partition coefficient (Wildman–Crippen LogP) is 3.82. The summed E-state index contributed by atoms with van der Waals surface area (Å²) >= 11 is 11.7. The van der Waals surface area contributed by atoms with Crippen LogP contribution in [0.5, 0.6) is 0 Å². The van der Waals surface area contributed by atoms with Gasteiger partial charge < -0.3 is 0 Å². The Morgan fingerprint density at radius 3 is 2.32 bits per heavy atom. The molecule has 0 fully saturated rings. The van der Waals surface area contributed by atoms with Crippen LogP contribution in [0.1, 0.15) is 17.2 Å². The zero-order chi connectivity index (χ0) is 14.0. The zero-order valence-corrected chi connectivity index (χ0v) is 11.1. The molecule has 1 unspecified atom stereocenters. The molecule has 3 N–H and O–H groups in total. The highest BCUT2D eigenvalue weighted by molar-refractivity contribution is 6.42. The molecule has 0 aliphatic rings. The molecule has 2 aromatic carbocycles. The lowest BCUT2D eigenvalue weighted by atomic mass is 9.99. The average molecular weight is 303 g/mol. The highest BCUT2D eigenvalue weighted by atomic mass is 35.5. The summed E-state index contributed by atoms with van der Waals surface area (Å²) < 4.78 is 26.7. The second-order valence-corrected chi connectivity index (χ2v) is 4.75. The Kier molecular flexibility index (Phi) is 4.37. The Labute approximate surface area is 119 Å². The van der Waals surface area contributed by atoms with E-state index in [0.29, 0.717) is 15.6 Å². The Hall–Kier alpha value is -1.20. The molecule has 0 bridgehead atoms. The van der Waals surface area contributed by atoms with Crippen LogP contribution in [-0.2, 0) is 0 Å². The number of rotatable bonds is 3. The van der Waals surface area contributed by atoms with E-state index in [4.69, 9.17) is 29.0 Å². The lowest BCUT2D eigenvalue weighted by Crippen LogP contribution is -2.29. The molecule has 2 nitrogen and oxygen atoms in total. The molecule has 100 valence electrons. The largest absolute Gasteiger partial charge is 0.271 e. The lowest BCUT2D eigenvalue weighted by Gasteiger charge is -2.18. The number of hydrazine groups is 1. The van der Waals surface area contributed by atoms with Gasteiger partial charge in [0.15, 0.2) is 0 Å². The zero-order valence-electron chi connectivity index (χ0n) is 9.63. The van der Waals surface area contributed by atoms with Gasteiger partial charge >= 0.3 is 0 Å². The van der Waals surface area contributed by atoms with Crippen LogP contribution in [0.25, 0.3) is 0 Å². The summed E-state index contributed by atoms with van der Waals surface area (Å²) in [7, 11) is 0. The molecule has 0 spiro atoms. The van der Waals surface area contributed by atoms with Crippen molar-refractivity contribution in [1.29, 1.82) is 0 Å². The first kappa shape index (κ1) is 14.2. The third-order valence-electron chi connectivity index (χ3n) is 2.72. The van der Waals surface area contributed by atoms with Crippen molar-refractivity contribution in [1.82, 2.24) is 5.43 Å². The van der Waals surface area contributed by atoms with Gasteiger partial charge in [-0.25, -0.2) is 14.2 Å². The second kappa shape index (κ2) is 5.84. The van der Waals surface area contributed by atoms with E-state index >= 15 is 0 Å². The van der Waals surface area contributed by atoms with Gasteiger partial charge in [-0.05, 0) is 23.8 Å².